The van der Waals surface area contributed by atoms with E-state index in [-0.39, 0.29) is 18.0 Å². The molecule has 0 aromatic heterocycles. The second kappa shape index (κ2) is 15.7. The Bertz CT molecular complexity index is 713. The molecule has 180 valence electrons. The number of rotatable bonds is 7. The third kappa shape index (κ3) is 10.0. The van der Waals surface area contributed by atoms with Crippen molar-refractivity contribution in [2.24, 2.45) is 16.6 Å². The summed E-state index contributed by atoms with van der Waals surface area (Å²) >= 11 is 0. The first kappa shape index (κ1) is 27.9. The van der Waals surface area contributed by atoms with Gasteiger partial charge in [-0.05, 0) is 58.6 Å². The smallest absolute Gasteiger partial charge is 0.130 e. The van der Waals surface area contributed by atoms with E-state index in [1.54, 1.807) is 12.2 Å². The summed E-state index contributed by atoms with van der Waals surface area (Å²) in [5.41, 5.74) is 8.42. The molecular formula is C27H46N4O. The maximum atomic E-state index is 9.14. The summed E-state index contributed by atoms with van der Waals surface area (Å²) < 4.78 is 0. The van der Waals surface area contributed by atoms with E-state index in [0.717, 1.165) is 38.3 Å². The SMILES string of the molecule is C=C(O)/C=C\C=C/CC1N=C(N2CCCCC(CCN)C2)/C(=C/C=C(C)C)C(C)N1.CC. The lowest BCUT2D eigenvalue weighted by atomic mass is 9.98. The van der Waals surface area contributed by atoms with Crippen molar-refractivity contribution in [2.45, 2.75) is 78.9 Å². The summed E-state index contributed by atoms with van der Waals surface area (Å²) in [6.45, 7) is 16.8. The van der Waals surface area contributed by atoms with E-state index < -0.39 is 0 Å². The van der Waals surface area contributed by atoms with Crippen molar-refractivity contribution in [3.8, 4) is 0 Å². The number of hydrogen-bond acceptors (Lipinski definition) is 5. The van der Waals surface area contributed by atoms with Crippen LogP contribution in [0.15, 0.2) is 64.9 Å². The Morgan fingerprint density at radius 2 is 2.03 bits per heavy atom. The molecule has 5 nitrogen and oxygen atoms in total. The second-order valence-electron chi connectivity index (χ2n) is 8.62. The number of allylic oxidation sites excluding steroid dienone is 6. The monoisotopic (exact) mass is 442 g/mol. The van der Waals surface area contributed by atoms with Gasteiger partial charge in [-0.1, -0.05) is 62.8 Å². The van der Waals surface area contributed by atoms with E-state index >= 15 is 0 Å². The Morgan fingerprint density at radius 1 is 1.28 bits per heavy atom. The van der Waals surface area contributed by atoms with Gasteiger partial charge in [-0.15, -0.1) is 0 Å². The molecule has 2 aliphatic heterocycles. The number of nitrogens with two attached hydrogens (primary N) is 1. The number of aliphatic hydroxyl groups is 1. The Kier molecular flexibility index (Phi) is 13.7. The molecule has 0 aromatic carbocycles. The molecule has 5 heteroatoms. The lowest BCUT2D eigenvalue weighted by molar-refractivity contribution is 0.339. The molecule has 1 fully saturated rings. The van der Waals surface area contributed by atoms with Gasteiger partial charge < -0.3 is 15.7 Å². The van der Waals surface area contributed by atoms with Gasteiger partial charge in [0, 0.05) is 31.1 Å². The van der Waals surface area contributed by atoms with Crippen molar-refractivity contribution in [3.63, 3.8) is 0 Å². The van der Waals surface area contributed by atoms with E-state index in [2.05, 4.69) is 55.8 Å². The maximum absolute atomic E-state index is 9.14. The summed E-state index contributed by atoms with van der Waals surface area (Å²) in [4.78, 5) is 7.65. The van der Waals surface area contributed by atoms with Crippen LogP contribution in [-0.2, 0) is 0 Å². The predicted molar refractivity (Wildman–Crippen MR) is 140 cm³/mol. The minimum absolute atomic E-state index is 0.0389. The number of nitrogens with zero attached hydrogens (tertiary/aromatic N) is 2. The fraction of sp³-hybridized carbons (Fsp3) is 0.593. The third-order valence-corrected chi connectivity index (χ3v) is 5.58. The highest BCUT2D eigenvalue weighted by Crippen LogP contribution is 2.24. The zero-order chi connectivity index (χ0) is 23.9. The fourth-order valence-corrected chi connectivity index (χ4v) is 4.04. The van der Waals surface area contributed by atoms with Gasteiger partial charge in [-0.25, -0.2) is 4.99 Å². The minimum Gasteiger partial charge on any atom is -0.509 e. The number of aliphatic imine (C=N–C) groups is 1. The van der Waals surface area contributed by atoms with Crippen LogP contribution in [-0.4, -0.2) is 47.7 Å². The number of hydrogen-bond donors (Lipinski definition) is 3. The number of likely N-dealkylation sites (tertiary alicyclic amines) is 1. The van der Waals surface area contributed by atoms with E-state index in [4.69, 9.17) is 15.8 Å². The summed E-state index contributed by atoms with van der Waals surface area (Å²) in [6.07, 6.45) is 17.5. The zero-order valence-electron chi connectivity index (χ0n) is 21.0. The van der Waals surface area contributed by atoms with E-state index in [0.29, 0.717) is 5.92 Å². The normalized spacial score (nSPS) is 25.3. The van der Waals surface area contributed by atoms with Crippen LogP contribution in [0.2, 0.25) is 0 Å². The first-order valence-electron chi connectivity index (χ1n) is 12.3. The summed E-state index contributed by atoms with van der Waals surface area (Å²) in [5, 5.41) is 12.8. The van der Waals surface area contributed by atoms with Crippen LogP contribution >= 0.6 is 0 Å². The molecule has 0 aliphatic carbocycles. The molecule has 1 saturated heterocycles. The topological polar surface area (TPSA) is 73.9 Å². The Balaban J connectivity index is 0.00000249. The van der Waals surface area contributed by atoms with E-state index in [9.17, 15) is 0 Å². The molecule has 0 bridgehead atoms. The van der Waals surface area contributed by atoms with Crippen molar-refractivity contribution < 1.29 is 5.11 Å². The van der Waals surface area contributed by atoms with Crippen molar-refractivity contribution >= 4 is 5.84 Å². The van der Waals surface area contributed by atoms with Gasteiger partial charge in [0.2, 0.25) is 0 Å². The molecule has 3 unspecified atom stereocenters. The van der Waals surface area contributed by atoms with Crippen molar-refractivity contribution in [1.82, 2.24) is 10.2 Å². The van der Waals surface area contributed by atoms with Crippen molar-refractivity contribution in [3.05, 3.63) is 59.9 Å². The van der Waals surface area contributed by atoms with Crippen molar-refractivity contribution in [1.29, 1.82) is 0 Å². The number of aliphatic hydroxyl groups excluding tert-OH is 1. The van der Waals surface area contributed by atoms with Gasteiger partial charge in [-0.2, -0.15) is 0 Å². The lowest BCUT2D eigenvalue weighted by Gasteiger charge is -2.36. The fourth-order valence-electron chi connectivity index (χ4n) is 4.04. The molecule has 0 aromatic rings. The highest BCUT2D eigenvalue weighted by molar-refractivity contribution is 6.00. The van der Waals surface area contributed by atoms with Gasteiger partial charge in [-0.3, -0.25) is 5.32 Å². The van der Waals surface area contributed by atoms with Crippen LogP contribution in [0.1, 0.15) is 66.7 Å². The number of nitrogens with one attached hydrogen (secondary N) is 1. The van der Waals surface area contributed by atoms with Crippen LogP contribution in [0.25, 0.3) is 0 Å². The Morgan fingerprint density at radius 3 is 2.69 bits per heavy atom. The molecular weight excluding hydrogens is 396 g/mol. The molecule has 3 atom stereocenters. The highest BCUT2D eigenvalue weighted by Gasteiger charge is 2.29. The first-order chi connectivity index (χ1) is 15.4. The Hall–Kier alpha value is -2.11. The lowest BCUT2D eigenvalue weighted by Crippen LogP contribution is -2.49. The minimum atomic E-state index is 0.0389. The van der Waals surface area contributed by atoms with Crippen LogP contribution in [0.3, 0.4) is 0 Å². The molecule has 2 rings (SSSR count). The molecule has 4 N–H and O–H groups in total. The average molecular weight is 443 g/mol. The molecule has 0 spiro atoms. The molecule has 0 saturated carbocycles. The van der Waals surface area contributed by atoms with Gasteiger partial charge in [0.1, 0.15) is 17.8 Å². The Labute approximate surface area is 196 Å². The predicted octanol–water partition coefficient (Wildman–Crippen LogP) is 5.65. The standard InChI is InChI=1S/C25H40N4O.C2H6/c1-19(2)13-14-23-21(4)27-24(12-7-5-6-10-20(3)30)28-25(23)29-17-9-8-11-22(18-29)15-16-26;1-2/h5-7,10,13-14,21-22,24,27,30H,3,8-9,11-12,15-18,26H2,1-2,4H3;1-2H3/b7-5-,10-6-,23-14+;. The molecule has 0 radical (unpaired) electrons. The van der Waals surface area contributed by atoms with Crippen LogP contribution in [0.5, 0.6) is 0 Å². The van der Waals surface area contributed by atoms with E-state index in [1.807, 2.05) is 19.9 Å². The average Bonchev–Trinajstić information content (AvgIpc) is 2.99. The first-order valence-corrected chi connectivity index (χ1v) is 12.3. The van der Waals surface area contributed by atoms with Gasteiger partial charge in [0.15, 0.2) is 0 Å². The van der Waals surface area contributed by atoms with Crippen LogP contribution < -0.4 is 11.1 Å². The molecule has 0 amide bonds. The summed E-state index contributed by atoms with van der Waals surface area (Å²) in [5.74, 6) is 1.84. The van der Waals surface area contributed by atoms with Crippen LogP contribution in [0.4, 0.5) is 0 Å². The second-order valence-corrected chi connectivity index (χ2v) is 8.62. The highest BCUT2D eigenvalue weighted by atomic mass is 16.3. The maximum Gasteiger partial charge on any atom is 0.130 e. The molecule has 2 aliphatic rings. The van der Waals surface area contributed by atoms with Gasteiger partial charge in [0.25, 0.3) is 0 Å². The van der Waals surface area contributed by atoms with Crippen molar-refractivity contribution in [2.75, 3.05) is 19.6 Å². The molecule has 32 heavy (non-hydrogen) atoms. The third-order valence-electron chi connectivity index (χ3n) is 5.58. The van der Waals surface area contributed by atoms with Gasteiger partial charge in [0.05, 0.1) is 0 Å². The summed E-state index contributed by atoms with van der Waals surface area (Å²) in [6, 6.07) is 0.232. The molecule has 2 heterocycles. The van der Waals surface area contributed by atoms with Gasteiger partial charge >= 0.3 is 0 Å². The summed E-state index contributed by atoms with van der Waals surface area (Å²) in [7, 11) is 0. The van der Waals surface area contributed by atoms with E-state index in [1.165, 1.54) is 30.4 Å². The van der Waals surface area contributed by atoms with Crippen LogP contribution in [0, 0.1) is 5.92 Å². The quantitative estimate of drug-likeness (QED) is 0.352. The zero-order valence-corrected chi connectivity index (χ0v) is 21.0. The number of amidine groups is 1. The largest absolute Gasteiger partial charge is 0.509 e.